The summed E-state index contributed by atoms with van der Waals surface area (Å²) in [5.74, 6) is 3.16. The van der Waals surface area contributed by atoms with Gasteiger partial charge in [0, 0.05) is 55.7 Å². The molecule has 10 nitrogen and oxygen atoms in total. The number of aromatic carboxylic acids is 1. The van der Waals surface area contributed by atoms with E-state index in [2.05, 4.69) is 31.9 Å². The van der Waals surface area contributed by atoms with Crippen LogP contribution in [0.1, 0.15) is 45.0 Å². The monoisotopic (exact) mass is 664 g/mol. The minimum absolute atomic E-state index is 0.0448. The number of halogens is 3. The second-order valence-corrected chi connectivity index (χ2v) is 11.5. The first kappa shape index (κ1) is 31.6. The summed E-state index contributed by atoms with van der Waals surface area (Å²) in [6.45, 7) is 0.819. The molecule has 0 radical (unpaired) electrons. The van der Waals surface area contributed by atoms with Gasteiger partial charge >= 0.3 is 5.97 Å². The van der Waals surface area contributed by atoms with E-state index in [0.717, 1.165) is 18.6 Å². The largest absolute Gasteiger partial charge is 0.478 e. The van der Waals surface area contributed by atoms with E-state index < -0.39 is 23.4 Å². The average Bonchev–Trinajstić information content (AvgIpc) is 3.64. The van der Waals surface area contributed by atoms with Gasteiger partial charge in [-0.2, -0.15) is 5.10 Å². The number of hydrogen-bond donors (Lipinski definition) is 1. The fraction of sp³-hybridized carbons (Fsp3) is 0.194. The van der Waals surface area contributed by atoms with Gasteiger partial charge in [0.25, 0.3) is 0 Å². The maximum Gasteiger partial charge on any atom is 0.335 e. The molecule has 0 unspecified atom stereocenters. The van der Waals surface area contributed by atoms with Crippen molar-refractivity contribution in [2.24, 2.45) is 7.05 Å². The summed E-state index contributed by atoms with van der Waals surface area (Å²) in [5, 5.41) is 13.5. The van der Waals surface area contributed by atoms with Crippen molar-refractivity contribution in [1.82, 2.24) is 29.3 Å². The molecule has 0 bridgehead atoms. The number of carboxylic acids is 1. The smallest absolute Gasteiger partial charge is 0.335 e. The third-order valence-electron chi connectivity index (χ3n) is 8.08. The third kappa shape index (κ3) is 6.86. The molecule has 0 aliphatic carbocycles. The van der Waals surface area contributed by atoms with Crippen molar-refractivity contribution < 1.29 is 32.5 Å². The summed E-state index contributed by atoms with van der Waals surface area (Å²) in [5.41, 5.74) is 2.38. The minimum atomic E-state index is -1.08. The number of rotatable bonds is 9. The highest BCUT2D eigenvalue weighted by atomic mass is 19.1. The first-order chi connectivity index (χ1) is 23.7. The number of nitrogens with zero attached hydrogens (tertiary/aromatic N) is 6. The molecule has 49 heavy (non-hydrogen) atoms. The van der Waals surface area contributed by atoms with Crippen molar-refractivity contribution in [1.29, 1.82) is 0 Å². The topological polar surface area (TPSA) is 117 Å². The summed E-state index contributed by atoms with van der Waals surface area (Å²) in [6, 6.07) is 12.6. The van der Waals surface area contributed by atoms with Crippen LogP contribution in [0.15, 0.2) is 73.2 Å². The summed E-state index contributed by atoms with van der Waals surface area (Å²) < 4.78 is 60.6. The minimum Gasteiger partial charge on any atom is -0.478 e. The molecule has 4 aromatic heterocycles. The number of aryl methyl sites for hydroxylation is 1. The molecule has 0 spiro atoms. The van der Waals surface area contributed by atoms with E-state index in [0.29, 0.717) is 35.6 Å². The zero-order chi connectivity index (χ0) is 34.1. The molecule has 0 saturated carbocycles. The highest BCUT2D eigenvalue weighted by Gasteiger charge is 2.24. The van der Waals surface area contributed by atoms with Gasteiger partial charge in [0.15, 0.2) is 0 Å². The lowest BCUT2D eigenvalue weighted by molar-refractivity contribution is -0.0589. The molecule has 7 rings (SSSR count). The zero-order valence-electron chi connectivity index (χ0n) is 26.0. The van der Waals surface area contributed by atoms with Crippen LogP contribution >= 0.6 is 0 Å². The van der Waals surface area contributed by atoms with E-state index in [-0.39, 0.29) is 58.7 Å². The molecule has 1 N–H and O–H groups in total. The van der Waals surface area contributed by atoms with Crippen LogP contribution in [0.2, 0.25) is 0 Å². The van der Waals surface area contributed by atoms with E-state index in [1.54, 1.807) is 40.8 Å². The number of fused-ring (bicyclic) bond motifs is 1. The Labute approximate surface area is 277 Å². The zero-order valence-corrected chi connectivity index (χ0v) is 26.0. The second-order valence-electron chi connectivity index (χ2n) is 11.5. The third-order valence-corrected chi connectivity index (χ3v) is 8.08. The molecule has 1 aliphatic heterocycles. The molecule has 1 aliphatic rings. The summed E-state index contributed by atoms with van der Waals surface area (Å²) in [7, 11) is 1.77. The fourth-order valence-corrected chi connectivity index (χ4v) is 5.42. The Morgan fingerprint density at radius 1 is 1.02 bits per heavy atom. The van der Waals surface area contributed by atoms with Gasteiger partial charge in [0.2, 0.25) is 5.88 Å². The number of imidazole rings is 1. The molecule has 6 aromatic rings. The Morgan fingerprint density at radius 3 is 2.59 bits per heavy atom. The van der Waals surface area contributed by atoms with E-state index in [1.807, 2.05) is 0 Å². The van der Waals surface area contributed by atoms with Gasteiger partial charge in [0.05, 0.1) is 46.7 Å². The van der Waals surface area contributed by atoms with Crippen molar-refractivity contribution >= 4 is 17.0 Å². The van der Waals surface area contributed by atoms with E-state index in [1.165, 1.54) is 36.5 Å². The molecule has 246 valence electrons. The number of pyridine rings is 2. The van der Waals surface area contributed by atoms with Crippen LogP contribution in [0.3, 0.4) is 0 Å². The fourth-order valence-electron chi connectivity index (χ4n) is 5.42. The van der Waals surface area contributed by atoms with Crippen LogP contribution < -0.4 is 4.74 Å². The molecule has 1 fully saturated rings. The van der Waals surface area contributed by atoms with E-state index in [4.69, 9.17) is 9.47 Å². The van der Waals surface area contributed by atoms with Crippen LogP contribution in [-0.2, 0) is 31.4 Å². The molecule has 0 amide bonds. The van der Waals surface area contributed by atoms with Crippen molar-refractivity contribution in [3.63, 3.8) is 0 Å². The molecule has 2 aromatic carbocycles. The Bertz CT molecular complexity index is 2290. The van der Waals surface area contributed by atoms with Crippen LogP contribution in [0, 0.1) is 29.3 Å². The SMILES string of the molecule is Cn1cc(C#Cc2cc(F)c(COc3cccc(-c4cc(F)c(Cc5nc6ccc(C(=O)O)cc6n5C[C@@H]5CCO5)cc4F)n3)cn2)cn1. The van der Waals surface area contributed by atoms with Crippen LogP contribution in [0.4, 0.5) is 13.2 Å². The lowest BCUT2D eigenvalue weighted by Gasteiger charge is -2.27. The van der Waals surface area contributed by atoms with Gasteiger partial charge in [-0.15, -0.1) is 0 Å². The van der Waals surface area contributed by atoms with Crippen LogP contribution in [0.25, 0.3) is 22.3 Å². The lowest BCUT2D eigenvalue weighted by Crippen LogP contribution is -2.31. The lowest BCUT2D eigenvalue weighted by atomic mass is 10.0. The number of carboxylic acid groups (broad SMARTS) is 1. The van der Waals surface area contributed by atoms with Gasteiger partial charge < -0.3 is 19.1 Å². The van der Waals surface area contributed by atoms with Crippen molar-refractivity contribution in [2.75, 3.05) is 6.61 Å². The van der Waals surface area contributed by atoms with Gasteiger partial charge in [0.1, 0.15) is 35.6 Å². The summed E-state index contributed by atoms with van der Waals surface area (Å²) >= 11 is 0. The van der Waals surface area contributed by atoms with Gasteiger partial charge in [-0.05, 0) is 54.3 Å². The highest BCUT2D eigenvalue weighted by Crippen LogP contribution is 2.29. The molecular weight excluding hydrogens is 637 g/mol. The Hall–Kier alpha value is -6.00. The molecule has 5 heterocycles. The summed E-state index contributed by atoms with van der Waals surface area (Å²) in [4.78, 5) is 24.7. The van der Waals surface area contributed by atoms with Crippen LogP contribution in [0.5, 0.6) is 5.88 Å². The Kier molecular flexibility index (Phi) is 8.54. The van der Waals surface area contributed by atoms with Crippen molar-refractivity contribution in [3.05, 3.63) is 124 Å². The normalized spacial score (nSPS) is 13.9. The molecular formula is C36H27F3N6O4. The Morgan fingerprint density at radius 2 is 1.86 bits per heavy atom. The number of ether oxygens (including phenoxy) is 2. The predicted molar refractivity (Wildman–Crippen MR) is 171 cm³/mol. The number of hydrogen-bond acceptors (Lipinski definition) is 7. The average molecular weight is 665 g/mol. The van der Waals surface area contributed by atoms with Crippen LogP contribution in [-0.4, -0.2) is 53.1 Å². The first-order valence-corrected chi connectivity index (χ1v) is 15.3. The maximum absolute atomic E-state index is 15.6. The van der Waals surface area contributed by atoms with Gasteiger partial charge in [-0.1, -0.05) is 12.0 Å². The van der Waals surface area contributed by atoms with E-state index >= 15 is 8.78 Å². The molecule has 13 heteroatoms. The van der Waals surface area contributed by atoms with Gasteiger partial charge in [-0.3, -0.25) is 4.68 Å². The summed E-state index contributed by atoms with van der Waals surface area (Å²) in [6.07, 6.45) is 5.33. The van der Waals surface area contributed by atoms with Gasteiger partial charge in [-0.25, -0.2) is 32.9 Å². The standard InChI is InChI=1S/C36H27F3N6O4/c1-44-18-21(16-41-44)5-7-25-14-28(37)24(17-40-25)20-49-35-4-2-3-31(43-35)27-15-29(38)23(11-30(27)39)13-34-42-32-8-6-22(36(46)47)12-33(32)45(34)19-26-9-10-48-26/h2-4,6,8,11-12,14-18,26H,9-10,13,19-20H2,1H3,(H,46,47)/t26-/m0/s1. The number of benzene rings is 2. The highest BCUT2D eigenvalue weighted by molar-refractivity contribution is 5.92. The van der Waals surface area contributed by atoms with Crippen molar-refractivity contribution in [2.45, 2.75) is 32.1 Å². The Balaban J connectivity index is 1.08. The first-order valence-electron chi connectivity index (χ1n) is 15.3. The maximum atomic E-state index is 15.6. The van der Waals surface area contributed by atoms with Crippen molar-refractivity contribution in [3.8, 4) is 29.0 Å². The second kappa shape index (κ2) is 13.2. The number of aromatic nitrogens is 6. The molecule has 1 saturated heterocycles. The number of carbonyl (C=O) groups is 1. The van der Waals surface area contributed by atoms with E-state index in [9.17, 15) is 14.3 Å². The molecule has 1 atom stereocenters. The predicted octanol–water partition coefficient (Wildman–Crippen LogP) is 5.70. The quantitative estimate of drug-likeness (QED) is 0.196.